The molecule has 2 aliphatic rings. The van der Waals surface area contributed by atoms with Crippen LogP contribution < -0.4 is 26.3 Å². The minimum atomic E-state index is -0.759. The van der Waals surface area contributed by atoms with Gasteiger partial charge in [0.2, 0.25) is 0 Å². The summed E-state index contributed by atoms with van der Waals surface area (Å²) >= 11 is 0. The molecule has 0 saturated heterocycles. The lowest BCUT2D eigenvalue weighted by Gasteiger charge is -2.45. The van der Waals surface area contributed by atoms with Gasteiger partial charge in [-0.25, -0.2) is 4.98 Å². The van der Waals surface area contributed by atoms with Gasteiger partial charge in [-0.05, 0) is 132 Å². The lowest BCUT2D eigenvalue weighted by atomic mass is 9.35. The number of imidazole rings is 1. The Bertz CT molecular complexity index is 3740. The van der Waals surface area contributed by atoms with Gasteiger partial charge in [-0.1, -0.05) is 253 Å². The zero-order valence-electron chi connectivity index (χ0n) is 48.2. The zero-order valence-corrected chi connectivity index (χ0v) is 48.2. The summed E-state index contributed by atoms with van der Waals surface area (Å²) in [4.78, 5) is 11.2. The molecule has 9 aromatic carbocycles. The zero-order chi connectivity index (χ0) is 55.2. The van der Waals surface area contributed by atoms with Crippen molar-refractivity contribution in [3.05, 3.63) is 269 Å². The third kappa shape index (κ3) is 8.83. The predicted octanol–water partition coefficient (Wildman–Crippen LogP) is 17.2. The van der Waals surface area contributed by atoms with Crippen molar-refractivity contribution < 1.29 is 0 Å². The Labute approximate surface area is 470 Å². The molecule has 0 unspecified atom stereocenters. The maximum absolute atomic E-state index is 6.09. The number of fused-ring (bicyclic) bond motifs is 4. The Morgan fingerprint density at radius 3 is 1.16 bits per heavy atom. The number of hydrogen-bond acceptors (Lipinski definition) is 3. The third-order valence-corrected chi connectivity index (χ3v) is 16.8. The highest BCUT2D eigenvalue weighted by Crippen LogP contribution is 2.52. The van der Waals surface area contributed by atoms with Crippen LogP contribution in [0.4, 0.5) is 34.3 Å². The van der Waals surface area contributed by atoms with E-state index in [0.29, 0.717) is 0 Å². The first-order chi connectivity index (χ1) is 37.7. The van der Waals surface area contributed by atoms with Gasteiger partial charge in [0.1, 0.15) is 11.6 Å². The molecule has 2 aliphatic heterocycles. The summed E-state index contributed by atoms with van der Waals surface area (Å²) in [7, 11) is 0. The van der Waals surface area contributed by atoms with Crippen LogP contribution in [-0.4, -0.2) is 16.3 Å². The van der Waals surface area contributed by atoms with Crippen molar-refractivity contribution in [2.45, 2.75) is 110 Å². The van der Waals surface area contributed by atoms with Crippen LogP contribution in [0.25, 0.3) is 17.1 Å². The summed E-state index contributed by atoms with van der Waals surface area (Å²) in [6.45, 7) is 27.4. The van der Waals surface area contributed by atoms with Gasteiger partial charge in [0, 0.05) is 39.7 Å². The normalized spacial score (nSPS) is 13.5. The first kappa shape index (κ1) is 51.6. The SMILES string of the molecule is CC(C)(C)c1ccc(-c2nc3c(n2-c2ccccc2)N(c2ccc(C(C)(C)C)cc2)c2cc(C(c4ccccc4)(c4ccccc4)c4ccccc4)cc4c2B3c2cc(C(C)(C)C)ccc2N4c2ccc(C(C)(C)C)cc2)cc1. The fraction of sp³-hybridized carbons (Fsp3) is 0.230. The highest BCUT2D eigenvalue weighted by atomic mass is 15.3. The van der Waals surface area contributed by atoms with Gasteiger partial charge in [0.25, 0.3) is 6.71 Å². The van der Waals surface area contributed by atoms with Crippen LogP contribution in [0, 0.1) is 0 Å². The molecule has 79 heavy (non-hydrogen) atoms. The molecular weight excluding hydrogens is 956 g/mol. The molecule has 0 fully saturated rings. The Morgan fingerprint density at radius 2 is 0.722 bits per heavy atom. The third-order valence-electron chi connectivity index (χ3n) is 16.8. The number of anilines is 6. The second-order valence-electron chi connectivity index (χ2n) is 26.1. The maximum atomic E-state index is 6.09. The molecule has 0 radical (unpaired) electrons. The average molecular weight is 1030 g/mol. The first-order valence-electron chi connectivity index (χ1n) is 28.3. The lowest BCUT2D eigenvalue weighted by molar-refractivity contribution is 0.590. The van der Waals surface area contributed by atoms with Gasteiger partial charge in [-0.15, -0.1) is 0 Å². The molecule has 10 aromatic rings. The quantitative estimate of drug-likeness (QED) is 0.112. The molecule has 0 N–H and O–H groups in total. The van der Waals surface area contributed by atoms with Crippen LogP contribution in [0.3, 0.4) is 0 Å². The molecule has 12 rings (SSSR count). The van der Waals surface area contributed by atoms with Crippen molar-refractivity contribution in [3.63, 3.8) is 0 Å². The van der Waals surface area contributed by atoms with E-state index < -0.39 is 5.41 Å². The molecule has 0 aliphatic carbocycles. The molecular formula is C74H73BN4. The van der Waals surface area contributed by atoms with E-state index in [4.69, 9.17) is 4.98 Å². The highest BCUT2D eigenvalue weighted by Gasteiger charge is 2.49. The van der Waals surface area contributed by atoms with Gasteiger partial charge in [0.05, 0.1) is 11.0 Å². The number of benzene rings is 9. The van der Waals surface area contributed by atoms with Crippen molar-refractivity contribution in [3.8, 4) is 17.1 Å². The van der Waals surface area contributed by atoms with Gasteiger partial charge in [0.15, 0.2) is 0 Å². The summed E-state index contributed by atoms with van der Waals surface area (Å²) in [6.07, 6.45) is 0. The van der Waals surface area contributed by atoms with Gasteiger partial charge in [-0.2, -0.15) is 0 Å². The summed E-state index contributed by atoms with van der Waals surface area (Å²) in [5, 5.41) is 0. The minimum absolute atomic E-state index is 0.0115. The molecule has 5 heteroatoms. The maximum Gasteiger partial charge on any atom is 0.277 e. The average Bonchev–Trinajstić information content (AvgIpc) is 2.50. The molecule has 0 saturated carbocycles. The second-order valence-corrected chi connectivity index (χ2v) is 26.1. The van der Waals surface area contributed by atoms with Gasteiger partial charge < -0.3 is 4.90 Å². The van der Waals surface area contributed by atoms with Crippen LogP contribution in [0.1, 0.15) is 128 Å². The highest BCUT2D eigenvalue weighted by molar-refractivity contribution is 7.00. The number of para-hydroxylation sites is 1. The Hall–Kier alpha value is -8.15. The van der Waals surface area contributed by atoms with Crippen LogP contribution in [-0.2, 0) is 27.1 Å². The summed E-state index contributed by atoms with van der Waals surface area (Å²) < 4.78 is 2.46. The van der Waals surface area contributed by atoms with Crippen molar-refractivity contribution in [2.24, 2.45) is 0 Å². The van der Waals surface area contributed by atoms with E-state index in [1.165, 1.54) is 55.4 Å². The van der Waals surface area contributed by atoms with E-state index in [9.17, 15) is 0 Å². The molecule has 392 valence electrons. The van der Waals surface area contributed by atoms with E-state index in [2.05, 4.69) is 322 Å². The fourth-order valence-corrected chi connectivity index (χ4v) is 12.4. The Morgan fingerprint density at radius 1 is 0.329 bits per heavy atom. The number of rotatable bonds is 8. The van der Waals surface area contributed by atoms with E-state index in [-0.39, 0.29) is 28.4 Å². The van der Waals surface area contributed by atoms with Crippen LogP contribution in [0.15, 0.2) is 224 Å². The van der Waals surface area contributed by atoms with Crippen molar-refractivity contribution in [1.82, 2.24) is 9.55 Å². The minimum Gasteiger partial charge on any atom is -0.311 e. The second kappa shape index (κ2) is 19.0. The Kier molecular flexibility index (Phi) is 12.4. The summed E-state index contributed by atoms with van der Waals surface area (Å²) in [6, 6.07) is 84.7. The number of nitrogens with zero attached hydrogens (tertiary/aromatic N) is 4. The largest absolute Gasteiger partial charge is 0.311 e. The van der Waals surface area contributed by atoms with Crippen LogP contribution in [0.5, 0.6) is 0 Å². The molecule has 4 nitrogen and oxygen atoms in total. The number of aromatic nitrogens is 2. The molecule has 1 aromatic heterocycles. The Balaban J connectivity index is 1.29. The molecule has 0 atom stereocenters. The fourth-order valence-electron chi connectivity index (χ4n) is 12.4. The molecule has 0 spiro atoms. The molecule has 3 heterocycles. The van der Waals surface area contributed by atoms with E-state index in [1.807, 2.05) is 0 Å². The van der Waals surface area contributed by atoms with Crippen molar-refractivity contribution in [2.75, 3.05) is 9.80 Å². The smallest absolute Gasteiger partial charge is 0.277 e. The topological polar surface area (TPSA) is 24.3 Å². The summed E-state index contributed by atoms with van der Waals surface area (Å²) in [5.74, 6) is 1.94. The van der Waals surface area contributed by atoms with E-state index >= 15 is 0 Å². The van der Waals surface area contributed by atoms with Crippen LogP contribution >= 0.6 is 0 Å². The standard InChI is InChI=1S/C74H73BN4/c1-70(2,3)51-35-33-50(34-36-51)68-76-67-69(79(68)59-31-23-16-24-32-59)78(61-44-39-53(40-45-61)72(7,8)9)65-49-58(74(54-25-17-13-18-26-54,55-27-19-14-20-28-55)56-29-21-15-22-30-56)48-64-66(65)75(67)62-47-57(73(10,11)12)41-46-63(62)77(64)60-42-37-52(38-43-60)71(4,5)6/h13-49H,1-12H3. The van der Waals surface area contributed by atoms with Crippen LogP contribution in [0.2, 0.25) is 0 Å². The molecule has 0 amide bonds. The lowest BCUT2D eigenvalue weighted by Crippen LogP contribution is -2.62. The van der Waals surface area contributed by atoms with Crippen molar-refractivity contribution >= 4 is 57.5 Å². The molecule has 0 bridgehead atoms. The van der Waals surface area contributed by atoms with Crippen molar-refractivity contribution in [1.29, 1.82) is 0 Å². The van der Waals surface area contributed by atoms with E-state index in [0.717, 1.165) is 56.9 Å². The predicted molar refractivity (Wildman–Crippen MR) is 336 cm³/mol. The first-order valence-corrected chi connectivity index (χ1v) is 28.3. The summed E-state index contributed by atoms with van der Waals surface area (Å²) in [5.41, 5.74) is 20.1. The van der Waals surface area contributed by atoms with E-state index in [1.54, 1.807) is 0 Å². The van der Waals surface area contributed by atoms with Gasteiger partial charge in [-0.3, -0.25) is 9.47 Å². The number of hydrogen-bond donors (Lipinski definition) is 0. The van der Waals surface area contributed by atoms with Gasteiger partial charge >= 0.3 is 0 Å². The monoisotopic (exact) mass is 1030 g/mol.